The lowest BCUT2D eigenvalue weighted by Crippen LogP contribution is -2.60. The van der Waals surface area contributed by atoms with Crippen LogP contribution in [-0.2, 0) is 38.3 Å². The van der Waals surface area contributed by atoms with Gasteiger partial charge in [-0.3, -0.25) is 9.35 Å². The van der Waals surface area contributed by atoms with Crippen molar-refractivity contribution in [3.8, 4) is 0 Å². The topological polar surface area (TPSA) is 178 Å². The van der Waals surface area contributed by atoms with E-state index in [1.165, 1.54) is 32.1 Å². The van der Waals surface area contributed by atoms with E-state index in [2.05, 4.69) is 103 Å². The zero-order chi connectivity index (χ0) is 43.9. The predicted octanol–water partition coefficient (Wildman–Crippen LogP) is 9.29. The quantitative estimate of drug-likeness (QED) is 0.0202. The average Bonchev–Trinajstić information content (AvgIpc) is 3.22. The highest BCUT2D eigenvalue weighted by Crippen LogP contribution is 2.26. The van der Waals surface area contributed by atoms with E-state index in [1.54, 1.807) is 0 Å². The van der Waals surface area contributed by atoms with Crippen LogP contribution in [0.4, 0.5) is 0 Å². The van der Waals surface area contributed by atoms with Crippen LogP contribution in [0.2, 0.25) is 0 Å². The molecule has 1 saturated heterocycles. The molecule has 13 heteroatoms. The molecule has 0 radical (unpaired) electrons. The molecule has 0 aromatic heterocycles. The van der Waals surface area contributed by atoms with Crippen LogP contribution in [0, 0.1) is 0 Å². The second-order valence-corrected chi connectivity index (χ2v) is 15.9. The number of carbonyl (C=O) groups excluding carboxylic acids is 1. The van der Waals surface area contributed by atoms with E-state index >= 15 is 0 Å². The summed E-state index contributed by atoms with van der Waals surface area (Å²) in [5.41, 5.74) is 0. The number of ether oxygens (including phenoxy) is 4. The van der Waals surface area contributed by atoms with Gasteiger partial charge in [-0.2, -0.15) is 8.42 Å². The molecule has 0 aromatic rings. The molecule has 0 spiro atoms. The molecule has 4 N–H and O–H groups in total. The fourth-order valence-electron chi connectivity index (χ4n) is 6.21. The third kappa shape index (κ3) is 31.2. The molecule has 1 rings (SSSR count). The van der Waals surface area contributed by atoms with Crippen molar-refractivity contribution >= 4 is 16.4 Å². The molecular formula is C47H78O12S. The number of rotatable bonds is 37. The molecule has 1 heterocycles. The number of aliphatic hydroxyl groups is 3. The van der Waals surface area contributed by atoms with Gasteiger partial charge in [0, 0.05) is 13.0 Å². The first-order valence-corrected chi connectivity index (χ1v) is 23.7. The second-order valence-electron chi connectivity index (χ2n) is 14.9. The van der Waals surface area contributed by atoms with Crippen LogP contribution >= 0.6 is 0 Å². The largest absolute Gasteiger partial charge is 0.457 e. The molecule has 60 heavy (non-hydrogen) atoms. The minimum atomic E-state index is -5.07. The van der Waals surface area contributed by atoms with Crippen LogP contribution in [0.15, 0.2) is 85.1 Å². The molecule has 0 saturated carbocycles. The van der Waals surface area contributed by atoms with E-state index < -0.39 is 59.8 Å². The first kappa shape index (κ1) is 55.3. The first-order chi connectivity index (χ1) is 29.1. The van der Waals surface area contributed by atoms with Gasteiger partial charge in [0.2, 0.25) is 0 Å². The van der Waals surface area contributed by atoms with Crippen molar-refractivity contribution in [2.75, 3.05) is 26.4 Å². The number of hydrogen-bond acceptors (Lipinski definition) is 11. The number of carbonyl (C=O) groups is 1. The molecular weight excluding hydrogens is 789 g/mol. The van der Waals surface area contributed by atoms with E-state index in [4.69, 9.17) is 23.5 Å². The summed E-state index contributed by atoms with van der Waals surface area (Å²) in [6.07, 6.45) is 40.5. The minimum Gasteiger partial charge on any atom is -0.457 e. The molecule has 1 fully saturated rings. The fraction of sp³-hybridized carbons (Fsp3) is 0.681. The van der Waals surface area contributed by atoms with Crippen LogP contribution in [0.5, 0.6) is 0 Å². The van der Waals surface area contributed by atoms with Crippen LogP contribution in [0.25, 0.3) is 0 Å². The van der Waals surface area contributed by atoms with Gasteiger partial charge in [0.1, 0.15) is 30.5 Å². The van der Waals surface area contributed by atoms with E-state index in [9.17, 15) is 28.5 Å². The van der Waals surface area contributed by atoms with Gasteiger partial charge < -0.3 is 34.3 Å². The van der Waals surface area contributed by atoms with Gasteiger partial charge in [-0.1, -0.05) is 137 Å². The number of esters is 1. The van der Waals surface area contributed by atoms with Gasteiger partial charge >= 0.3 is 16.4 Å². The summed E-state index contributed by atoms with van der Waals surface area (Å²) in [5, 5.41) is 30.6. The molecule has 0 aliphatic carbocycles. The number of unbranched alkanes of at least 4 members (excludes halogenated alkanes) is 10. The molecule has 1 aliphatic heterocycles. The Hall–Kier alpha value is -2.72. The minimum absolute atomic E-state index is 0.00848. The van der Waals surface area contributed by atoms with Crippen LogP contribution in [0.1, 0.15) is 142 Å². The van der Waals surface area contributed by atoms with Crippen molar-refractivity contribution in [3.05, 3.63) is 85.1 Å². The van der Waals surface area contributed by atoms with Crippen LogP contribution in [0.3, 0.4) is 0 Å². The Labute approximate surface area is 362 Å². The summed E-state index contributed by atoms with van der Waals surface area (Å²) in [4.78, 5) is 12.8. The Morgan fingerprint density at radius 2 is 1.10 bits per heavy atom. The summed E-state index contributed by atoms with van der Waals surface area (Å²) < 4.78 is 59.0. The second kappa shape index (κ2) is 38.0. The van der Waals surface area contributed by atoms with Crippen LogP contribution in [-0.4, -0.2) is 97.5 Å². The molecule has 0 bridgehead atoms. The maximum Gasteiger partial charge on any atom is 0.397 e. The smallest absolute Gasteiger partial charge is 0.397 e. The average molecular weight is 867 g/mol. The molecule has 12 nitrogen and oxygen atoms in total. The van der Waals surface area contributed by atoms with Crippen molar-refractivity contribution in [2.45, 2.75) is 179 Å². The summed E-state index contributed by atoms with van der Waals surface area (Å²) in [5.74, 6) is -0.446. The molecule has 6 atom stereocenters. The number of hydrogen-bond donors (Lipinski definition) is 4. The molecule has 0 amide bonds. The summed E-state index contributed by atoms with van der Waals surface area (Å²) in [7, 11) is -5.07. The van der Waals surface area contributed by atoms with Gasteiger partial charge in [0.25, 0.3) is 0 Å². The standard InChI is InChI=1S/C47H78O12S/c1-3-5-7-9-11-13-15-17-19-20-21-23-25-27-29-31-33-35-37-55-39-41(40-56-47-45(51)46(59-60(52,53)54)44(50)42(38-48)58-47)57-43(49)36-34-32-30-28-26-24-22-18-16-14-12-10-8-6-4-2/h5-8,11-14,17-19,22,26,28,41-42,44-48,50-51H,3-4,9-10,15-16,20-21,23-25,27,29-40H2,1-2H3,(H,52,53,54)/b7-5-,8-6-,13-11-,14-12-,19-17-,22-18-,28-26-. The summed E-state index contributed by atoms with van der Waals surface area (Å²) in [6, 6.07) is 0. The van der Waals surface area contributed by atoms with E-state index in [0.717, 1.165) is 83.5 Å². The van der Waals surface area contributed by atoms with Crippen molar-refractivity contribution in [2.24, 2.45) is 0 Å². The van der Waals surface area contributed by atoms with E-state index in [1.807, 2.05) is 0 Å². The third-order valence-corrected chi connectivity index (χ3v) is 9.98. The van der Waals surface area contributed by atoms with Gasteiger partial charge in [0.15, 0.2) is 6.29 Å². The van der Waals surface area contributed by atoms with Gasteiger partial charge in [-0.05, 0) is 83.5 Å². The molecule has 344 valence electrons. The van der Waals surface area contributed by atoms with Crippen LogP contribution < -0.4 is 0 Å². The third-order valence-electron chi connectivity index (χ3n) is 9.51. The first-order valence-electron chi connectivity index (χ1n) is 22.3. The normalized spacial score (nSPS) is 21.1. The van der Waals surface area contributed by atoms with Crippen molar-refractivity contribution in [1.82, 2.24) is 0 Å². The Morgan fingerprint density at radius 1 is 0.633 bits per heavy atom. The number of aliphatic hydroxyl groups excluding tert-OH is 3. The predicted molar refractivity (Wildman–Crippen MR) is 239 cm³/mol. The monoisotopic (exact) mass is 867 g/mol. The molecule has 0 aromatic carbocycles. The highest BCUT2D eigenvalue weighted by atomic mass is 32.3. The Morgan fingerprint density at radius 3 is 1.60 bits per heavy atom. The van der Waals surface area contributed by atoms with E-state index in [0.29, 0.717) is 13.0 Å². The lowest BCUT2D eigenvalue weighted by Gasteiger charge is -2.41. The van der Waals surface area contributed by atoms with E-state index in [-0.39, 0.29) is 19.6 Å². The summed E-state index contributed by atoms with van der Waals surface area (Å²) >= 11 is 0. The SMILES string of the molecule is CC/C=C\C/C=C\C/C=C\C/C=C\CCCCC(=O)OC(COCCCCCCCCCC/C=C\C/C=C\C/C=C\CC)COC1OC(CO)C(O)C(OS(=O)(=O)O)C1O. The number of allylic oxidation sites excluding steroid dienone is 14. The van der Waals surface area contributed by atoms with Crippen molar-refractivity contribution in [1.29, 1.82) is 0 Å². The zero-order valence-corrected chi connectivity index (χ0v) is 37.3. The lowest BCUT2D eigenvalue weighted by atomic mass is 9.99. The fourth-order valence-corrected chi connectivity index (χ4v) is 6.71. The van der Waals surface area contributed by atoms with Crippen molar-refractivity contribution in [3.63, 3.8) is 0 Å². The van der Waals surface area contributed by atoms with Gasteiger partial charge in [0.05, 0.1) is 19.8 Å². The van der Waals surface area contributed by atoms with Gasteiger partial charge in [-0.25, -0.2) is 4.18 Å². The van der Waals surface area contributed by atoms with Crippen molar-refractivity contribution < 1.29 is 56.2 Å². The molecule has 6 unspecified atom stereocenters. The Bertz CT molecular complexity index is 1370. The van der Waals surface area contributed by atoms with Gasteiger partial charge in [-0.15, -0.1) is 0 Å². The Kier molecular flexibility index (Phi) is 35.0. The Balaban J connectivity index is 2.47. The maximum atomic E-state index is 12.8. The molecule has 1 aliphatic rings. The highest BCUT2D eigenvalue weighted by molar-refractivity contribution is 7.80. The maximum absolute atomic E-state index is 12.8. The summed E-state index contributed by atoms with van der Waals surface area (Å²) in [6.45, 7) is 3.67. The highest BCUT2D eigenvalue weighted by Gasteiger charge is 2.48. The lowest BCUT2D eigenvalue weighted by molar-refractivity contribution is -0.301. The zero-order valence-electron chi connectivity index (χ0n) is 36.5.